The number of para-hydroxylation sites is 1. The number of amides is 1. The SMILES string of the molecule is CCN(Cc1cccc(F)c1)C(=O)c1oc2ccccc2c1C. The molecule has 0 saturated heterocycles. The van der Waals surface area contributed by atoms with Crippen molar-refractivity contribution in [2.45, 2.75) is 20.4 Å². The number of hydrogen-bond donors (Lipinski definition) is 0. The van der Waals surface area contributed by atoms with Crippen LogP contribution in [0, 0.1) is 12.7 Å². The molecule has 0 radical (unpaired) electrons. The maximum absolute atomic E-state index is 13.3. The number of halogens is 1. The number of carbonyl (C=O) groups is 1. The smallest absolute Gasteiger partial charge is 0.290 e. The van der Waals surface area contributed by atoms with Crippen LogP contribution >= 0.6 is 0 Å². The van der Waals surface area contributed by atoms with Crippen LogP contribution in [0.5, 0.6) is 0 Å². The predicted molar refractivity (Wildman–Crippen MR) is 87.8 cm³/mol. The molecule has 0 saturated carbocycles. The molecule has 3 rings (SSSR count). The first-order valence-corrected chi connectivity index (χ1v) is 7.62. The van der Waals surface area contributed by atoms with Gasteiger partial charge in [-0.15, -0.1) is 0 Å². The van der Waals surface area contributed by atoms with E-state index < -0.39 is 0 Å². The molecule has 0 bridgehead atoms. The molecule has 1 heterocycles. The number of furan rings is 1. The molecular weight excluding hydrogens is 293 g/mol. The molecule has 23 heavy (non-hydrogen) atoms. The first kappa shape index (κ1) is 15.3. The molecule has 0 aliphatic carbocycles. The average molecular weight is 311 g/mol. The van der Waals surface area contributed by atoms with Crippen molar-refractivity contribution in [1.82, 2.24) is 4.90 Å². The Bertz CT molecular complexity index is 853. The summed E-state index contributed by atoms with van der Waals surface area (Å²) in [5.74, 6) is -0.124. The largest absolute Gasteiger partial charge is 0.451 e. The third-order valence-electron chi connectivity index (χ3n) is 3.97. The Kier molecular flexibility index (Phi) is 4.15. The lowest BCUT2D eigenvalue weighted by molar-refractivity contribution is 0.0721. The van der Waals surface area contributed by atoms with Gasteiger partial charge >= 0.3 is 0 Å². The van der Waals surface area contributed by atoms with Gasteiger partial charge in [-0.2, -0.15) is 0 Å². The van der Waals surface area contributed by atoms with E-state index in [2.05, 4.69) is 0 Å². The van der Waals surface area contributed by atoms with Gasteiger partial charge in [0, 0.05) is 24.0 Å². The second-order valence-corrected chi connectivity index (χ2v) is 5.50. The molecule has 0 atom stereocenters. The minimum Gasteiger partial charge on any atom is -0.451 e. The highest BCUT2D eigenvalue weighted by molar-refractivity contribution is 5.98. The maximum Gasteiger partial charge on any atom is 0.290 e. The summed E-state index contributed by atoms with van der Waals surface area (Å²) in [4.78, 5) is 14.4. The van der Waals surface area contributed by atoms with Gasteiger partial charge in [0.1, 0.15) is 11.4 Å². The van der Waals surface area contributed by atoms with Crippen molar-refractivity contribution in [2.75, 3.05) is 6.54 Å². The normalized spacial score (nSPS) is 10.9. The molecule has 3 aromatic rings. The number of fused-ring (bicyclic) bond motifs is 1. The monoisotopic (exact) mass is 311 g/mol. The fourth-order valence-corrected chi connectivity index (χ4v) is 2.70. The van der Waals surface area contributed by atoms with E-state index in [1.165, 1.54) is 12.1 Å². The molecule has 118 valence electrons. The van der Waals surface area contributed by atoms with Gasteiger partial charge in [-0.25, -0.2) is 4.39 Å². The number of rotatable bonds is 4. The van der Waals surface area contributed by atoms with E-state index in [1.54, 1.807) is 11.0 Å². The van der Waals surface area contributed by atoms with Gasteiger partial charge < -0.3 is 9.32 Å². The van der Waals surface area contributed by atoms with Gasteiger partial charge in [0.15, 0.2) is 5.76 Å². The Morgan fingerprint density at radius 1 is 1.17 bits per heavy atom. The summed E-state index contributed by atoms with van der Waals surface area (Å²) in [6, 6.07) is 13.9. The Hall–Kier alpha value is -2.62. The highest BCUT2D eigenvalue weighted by Crippen LogP contribution is 2.26. The zero-order chi connectivity index (χ0) is 16.4. The van der Waals surface area contributed by atoms with E-state index >= 15 is 0 Å². The Balaban J connectivity index is 1.91. The molecule has 1 amide bonds. The summed E-state index contributed by atoms with van der Waals surface area (Å²) >= 11 is 0. The first-order chi connectivity index (χ1) is 11.1. The number of aryl methyl sites for hydroxylation is 1. The summed E-state index contributed by atoms with van der Waals surface area (Å²) in [6.45, 7) is 4.65. The van der Waals surface area contributed by atoms with Gasteiger partial charge in [-0.05, 0) is 37.6 Å². The number of nitrogens with zero attached hydrogens (tertiary/aromatic N) is 1. The molecule has 0 unspecified atom stereocenters. The fraction of sp³-hybridized carbons (Fsp3) is 0.211. The Morgan fingerprint density at radius 3 is 2.65 bits per heavy atom. The number of carbonyl (C=O) groups excluding carboxylic acids is 1. The number of benzene rings is 2. The summed E-state index contributed by atoms with van der Waals surface area (Å²) in [5.41, 5.74) is 2.30. The van der Waals surface area contributed by atoms with Crippen LogP contribution in [-0.4, -0.2) is 17.4 Å². The van der Waals surface area contributed by atoms with Crippen molar-refractivity contribution in [2.24, 2.45) is 0 Å². The Labute approximate surface area is 134 Å². The zero-order valence-corrected chi connectivity index (χ0v) is 13.2. The van der Waals surface area contributed by atoms with Crippen LogP contribution in [0.3, 0.4) is 0 Å². The van der Waals surface area contributed by atoms with Crippen LogP contribution in [0.1, 0.15) is 28.6 Å². The molecule has 0 N–H and O–H groups in total. The van der Waals surface area contributed by atoms with Crippen molar-refractivity contribution in [3.05, 3.63) is 71.2 Å². The average Bonchev–Trinajstić information content (AvgIpc) is 2.89. The van der Waals surface area contributed by atoms with Gasteiger partial charge in [-0.3, -0.25) is 4.79 Å². The van der Waals surface area contributed by atoms with Gasteiger partial charge in [0.25, 0.3) is 5.91 Å². The van der Waals surface area contributed by atoms with Crippen molar-refractivity contribution in [1.29, 1.82) is 0 Å². The third kappa shape index (κ3) is 2.97. The lowest BCUT2D eigenvalue weighted by Gasteiger charge is -2.20. The number of hydrogen-bond acceptors (Lipinski definition) is 2. The van der Waals surface area contributed by atoms with E-state index in [4.69, 9.17) is 4.42 Å². The van der Waals surface area contributed by atoms with Crippen molar-refractivity contribution < 1.29 is 13.6 Å². The molecule has 1 aromatic heterocycles. The minimum atomic E-state index is -0.300. The van der Waals surface area contributed by atoms with Crippen molar-refractivity contribution in [3.63, 3.8) is 0 Å². The van der Waals surface area contributed by atoms with Crippen molar-refractivity contribution >= 4 is 16.9 Å². The second kappa shape index (κ2) is 6.24. The predicted octanol–water partition coefficient (Wildman–Crippen LogP) is 4.54. The van der Waals surface area contributed by atoms with Gasteiger partial charge in [0.05, 0.1) is 0 Å². The van der Waals surface area contributed by atoms with E-state index in [1.807, 2.05) is 44.2 Å². The first-order valence-electron chi connectivity index (χ1n) is 7.62. The van der Waals surface area contributed by atoms with E-state index in [0.29, 0.717) is 24.4 Å². The zero-order valence-electron chi connectivity index (χ0n) is 13.2. The van der Waals surface area contributed by atoms with Crippen molar-refractivity contribution in [3.8, 4) is 0 Å². The summed E-state index contributed by atoms with van der Waals surface area (Å²) < 4.78 is 19.1. The molecule has 0 aliphatic rings. The molecule has 0 aliphatic heterocycles. The summed E-state index contributed by atoms with van der Waals surface area (Å²) in [6.07, 6.45) is 0. The van der Waals surface area contributed by atoms with Gasteiger partial charge in [-0.1, -0.05) is 30.3 Å². The lowest BCUT2D eigenvalue weighted by atomic mass is 10.1. The topological polar surface area (TPSA) is 33.5 Å². The second-order valence-electron chi connectivity index (χ2n) is 5.50. The van der Waals surface area contributed by atoms with Crippen LogP contribution < -0.4 is 0 Å². The van der Waals surface area contributed by atoms with Gasteiger partial charge in [0.2, 0.25) is 0 Å². The van der Waals surface area contributed by atoms with Crippen LogP contribution in [-0.2, 0) is 6.54 Å². The lowest BCUT2D eigenvalue weighted by Crippen LogP contribution is -2.30. The standard InChI is InChI=1S/C19H18FNO2/c1-3-21(12-14-7-6-8-15(20)11-14)19(22)18-13(2)16-9-4-5-10-17(16)23-18/h4-11H,3,12H2,1-2H3. The van der Waals surface area contributed by atoms with Crippen LogP contribution in [0.25, 0.3) is 11.0 Å². The quantitative estimate of drug-likeness (QED) is 0.708. The Morgan fingerprint density at radius 2 is 1.96 bits per heavy atom. The molecule has 2 aromatic carbocycles. The van der Waals surface area contributed by atoms with E-state index in [9.17, 15) is 9.18 Å². The highest BCUT2D eigenvalue weighted by Gasteiger charge is 2.22. The molecule has 0 spiro atoms. The molecule has 0 fully saturated rings. The minimum absolute atomic E-state index is 0.175. The third-order valence-corrected chi connectivity index (χ3v) is 3.97. The summed E-state index contributed by atoms with van der Waals surface area (Å²) in [7, 11) is 0. The van der Waals surface area contributed by atoms with Crippen LogP contribution in [0.2, 0.25) is 0 Å². The maximum atomic E-state index is 13.3. The molecule has 4 heteroatoms. The van der Waals surface area contributed by atoms with Crippen LogP contribution in [0.15, 0.2) is 52.9 Å². The van der Waals surface area contributed by atoms with E-state index in [-0.39, 0.29) is 11.7 Å². The highest BCUT2D eigenvalue weighted by atomic mass is 19.1. The fourth-order valence-electron chi connectivity index (χ4n) is 2.70. The van der Waals surface area contributed by atoms with Crippen LogP contribution in [0.4, 0.5) is 4.39 Å². The summed E-state index contributed by atoms with van der Waals surface area (Å²) in [5, 5.41) is 0.942. The van der Waals surface area contributed by atoms with E-state index in [0.717, 1.165) is 16.5 Å². The molecular formula is C19H18FNO2. The molecule has 3 nitrogen and oxygen atoms in total.